The molecule has 88 valence electrons. The first-order chi connectivity index (χ1) is 8.33. The molecule has 0 N–H and O–H groups in total. The van der Waals surface area contributed by atoms with E-state index in [1.807, 2.05) is 43.3 Å². The molecule has 0 radical (unpaired) electrons. The van der Waals surface area contributed by atoms with E-state index in [1.54, 1.807) is 0 Å². The molecule has 2 aromatic rings. The minimum atomic E-state index is -0.0561. The lowest BCUT2D eigenvalue weighted by Crippen LogP contribution is -2.08. The Morgan fingerprint density at radius 2 is 2.24 bits per heavy atom. The molecule has 17 heavy (non-hydrogen) atoms. The molecule has 3 heteroatoms. The van der Waals surface area contributed by atoms with E-state index in [0.29, 0.717) is 12.2 Å². The largest absolute Gasteiger partial charge is 0.464 e. The highest BCUT2D eigenvalue weighted by Gasteiger charge is 2.12. The maximum Gasteiger partial charge on any atom is 0.192 e. The van der Waals surface area contributed by atoms with Gasteiger partial charge >= 0.3 is 0 Å². The van der Waals surface area contributed by atoms with E-state index in [4.69, 9.17) is 9.15 Å². The number of furan rings is 1. The molecule has 0 atom stereocenters. The van der Waals surface area contributed by atoms with E-state index >= 15 is 0 Å². The fourth-order valence-electron chi connectivity index (χ4n) is 1.59. The summed E-state index contributed by atoms with van der Waals surface area (Å²) >= 11 is 0. The van der Waals surface area contributed by atoms with Crippen molar-refractivity contribution in [1.29, 1.82) is 0 Å². The second-order valence-electron chi connectivity index (χ2n) is 3.65. The molecule has 1 heterocycles. The van der Waals surface area contributed by atoms with Gasteiger partial charge in [0.2, 0.25) is 0 Å². The minimum Gasteiger partial charge on any atom is -0.464 e. The van der Waals surface area contributed by atoms with Crippen LogP contribution in [0.2, 0.25) is 0 Å². The van der Waals surface area contributed by atoms with Gasteiger partial charge in [-0.1, -0.05) is 30.4 Å². The zero-order valence-electron chi connectivity index (χ0n) is 9.68. The zero-order chi connectivity index (χ0) is 12.1. The van der Waals surface area contributed by atoms with E-state index in [0.717, 1.165) is 11.0 Å². The lowest BCUT2D eigenvalue weighted by Gasteiger charge is -1.98. The average molecular weight is 230 g/mol. The van der Waals surface area contributed by atoms with Crippen molar-refractivity contribution in [3.63, 3.8) is 0 Å². The van der Waals surface area contributed by atoms with Crippen molar-refractivity contribution in [2.24, 2.45) is 0 Å². The van der Waals surface area contributed by atoms with Crippen LogP contribution >= 0.6 is 0 Å². The summed E-state index contributed by atoms with van der Waals surface area (Å²) in [6.45, 7) is 2.45. The van der Waals surface area contributed by atoms with Crippen LogP contribution in [0.25, 0.3) is 11.0 Å². The lowest BCUT2D eigenvalue weighted by atomic mass is 10.1. The number of ketones is 1. The summed E-state index contributed by atoms with van der Waals surface area (Å²) in [6.07, 6.45) is 5.24. The van der Waals surface area contributed by atoms with Crippen molar-refractivity contribution < 1.29 is 13.9 Å². The van der Waals surface area contributed by atoms with E-state index in [2.05, 4.69) is 0 Å². The van der Waals surface area contributed by atoms with Gasteiger partial charge in [-0.25, -0.2) is 0 Å². The van der Waals surface area contributed by atoms with Crippen LogP contribution in [-0.2, 0) is 4.74 Å². The Bertz CT molecular complexity index is 537. The first-order valence-corrected chi connectivity index (χ1v) is 5.51. The second-order valence-corrected chi connectivity index (χ2v) is 3.65. The monoisotopic (exact) mass is 230 g/mol. The van der Waals surface area contributed by atoms with Gasteiger partial charge in [0.25, 0.3) is 0 Å². The van der Waals surface area contributed by atoms with Crippen LogP contribution in [0.5, 0.6) is 0 Å². The van der Waals surface area contributed by atoms with Gasteiger partial charge in [0.15, 0.2) is 5.78 Å². The number of hydrogen-bond acceptors (Lipinski definition) is 3. The van der Waals surface area contributed by atoms with Crippen molar-refractivity contribution in [2.45, 2.75) is 6.92 Å². The number of hydrogen-bond donors (Lipinski definition) is 0. The van der Waals surface area contributed by atoms with Crippen molar-refractivity contribution in [3.05, 3.63) is 48.2 Å². The van der Waals surface area contributed by atoms with Gasteiger partial charge in [-0.2, -0.15) is 0 Å². The molecule has 0 unspecified atom stereocenters. The molecule has 2 rings (SSSR count). The highest BCUT2D eigenvalue weighted by atomic mass is 16.5. The Balaban J connectivity index is 2.09. The topological polar surface area (TPSA) is 39.4 Å². The smallest absolute Gasteiger partial charge is 0.192 e. The van der Waals surface area contributed by atoms with Crippen LogP contribution in [0.1, 0.15) is 17.3 Å². The van der Waals surface area contributed by atoms with Crippen LogP contribution in [0.15, 0.2) is 47.1 Å². The van der Waals surface area contributed by atoms with Gasteiger partial charge in [-0.3, -0.25) is 4.79 Å². The molecular formula is C14H14O3. The second kappa shape index (κ2) is 5.46. The number of para-hydroxylation sites is 1. The van der Waals surface area contributed by atoms with Crippen molar-refractivity contribution in [1.82, 2.24) is 0 Å². The van der Waals surface area contributed by atoms with Gasteiger partial charge in [0, 0.05) is 5.39 Å². The van der Waals surface area contributed by atoms with Crippen LogP contribution in [0, 0.1) is 0 Å². The number of allylic oxidation sites excluding steroid dienone is 1. The molecule has 0 aliphatic carbocycles. The molecule has 0 saturated heterocycles. The number of carbonyl (C=O) groups is 1. The Labute approximate surface area is 99.7 Å². The molecule has 0 aliphatic heterocycles. The van der Waals surface area contributed by atoms with Gasteiger partial charge in [-0.15, -0.1) is 0 Å². The van der Waals surface area contributed by atoms with E-state index in [9.17, 15) is 4.79 Å². The highest BCUT2D eigenvalue weighted by Crippen LogP contribution is 2.20. The summed E-state index contributed by atoms with van der Waals surface area (Å²) in [5, 5.41) is 0.840. The summed E-state index contributed by atoms with van der Waals surface area (Å²) in [5.74, 6) is -0.0561. The molecular weight excluding hydrogens is 216 g/mol. The predicted octanol–water partition coefficient (Wildman–Crippen LogP) is 3.21. The maximum atomic E-state index is 11.9. The molecule has 0 amide bonds. The Kier molecular flexibility index (Phi) is 3.73. The normalized spacial score (nSPS) is 11.4. The number of benzene rings is 1. The Morgan fingerprint density at radius 3 is 3.06 bits per heavy atom. The third-order valence-corrected chi connectivity index (χ3v) is 2.46. The van der Waals surface area contributed by atoms with Crippen LogP contribution in [0.4, 0.5) is 0 Å². The lowest BCUT2D eigenvalue weighted by molar-refractivity contribution is 0.0807. The van der Waals surface area contributed by atoms with Gasteiger partial charge in [-0.05, 0) is 13.0 Å². The summed E-state index contributed by atoms with van der Waals surface area (Å²) in [4.78, 5) is 11.9. The number of Topliss-reactive ketones (excluding diaryl/α,β-unsaturated/α-hetero) is 1. The van der Waals surface area contributed by atoms with Gasteiger partial charge < -0.3 is 9.15 Å². The van der Waals surface area contributed by atoms with E-state index < -0.39 is 0 Å². The molecule has 3 nitrogen and oxygen atoms in total. The molecule has 0 spiro atoms. The first kappa shape index (κ1) is 11.6. The maximum absolute atomic E-state index is 11.9. The summed E-state index contributed by atoms with van der Waals surface area (Å²) < 4.78 is 10.5. The van der Waals surface area contributed by atoms with Crippen LogP contribution in [-0.4, -0.2) is 19.0 Å². The summed E-state index contributed by atoms with van der Waals surface area (Å²) in [5.41, 5.74) is 1.31. The first-order valence-electron chi connectivity index (χ1n) is 5.51. The van der Waals surface area contributed by atoms with E-state index in [1.165, 1.54) is 6.26 Å². The minimum absolute atomic E-state index is 0.0561. The fourth-order valence-corrected chi connectivity index (χ4v) is 1.59. The van der Waals surface area contributed by atoms with Gasteiger partial charge in [0.1, 0.15) is 18.5 Å². The summed E-state index contributed by atoms with van der Waals surface area (Å²) in [7, 11) is 0. The molecule has 0 fully saturated rings. The quantitative estimate of drug-likeness (QED) is 0.450. The average Bonchev–Trinajstić information content (AvgIpc) is 2.78. The Morgan fingerprint density at radius 1 is 1.41 bits per heavy atom. The van der Waals surface area contributed by atoms with Crippen LogP contribution in [0.3, 0.4) is 0 Å². The molecule has 0 saturated carbocycles. The highest BCUT2D eigenvalue weighted by molar-refractivity contribution is 6.07. The van der Waals surface area contributed by atoms with Gasteiger partial charge in [0.05, 0.1) is 12.2 Å². The number of ether oxygens (including phenoxy) is 1. The number of rotatable bonds is 5. The molecule has 0 aliphatic rings. The fraction of sp³-hybridized carbons (Fsp3) is 0.214. The zero-order valence-corrected chi connectivity index (χ0v) is 9.68. The van der Waals surface area contributed by atoms with Crippen LogP contribution < -0.4 is 0 Å². The molecule has 1 aromatic carbocycles. The third kappa shape index (κ3) is 2.63. The van der Waals surface area contributed by atoms with Crippen molar-refractivity contribution in [3.8, 4) is 0 Å². The Hall–Kier alpha value is -1.87. The van der Waals surface area contributed by atoms with E-state index in [-0.39, 0.29) is 12.4 Å². The SMILES string of the molecule is CC=CCOCC(=O)c1coc2ccccc12. The number of fused-ring (bicyclic) bond motifs is 1. The standard InChI is InChI=1S/C14H14O3/c1-2-3-8-16-10-13(15)12-9-17-14-7-5-4-6-11(12)14/h2-7,9H,8,10H2,1H3. The molecule has 0 bridgehead atoms. The molecule has 1 aromatic heterocycles. The van der Waals surface area contributed by atoms with Crippen molar-refractivity contribution >= 4 is 16.8 Å². The number of carbonyl (C=O) groups excluding carboxylic acids is 1. The third-order valence-electron chi connectivity index (χ3n) is 2.46. The summed E-state index contributed by atoms with van der Waals surface area (Å²) in [6, 6.07) is 7.47. The van der Waals surface area contributed by atoms with Crippen molar-refractivity contribution in [2.75, 3.05) is 13.2 Å². The predicted molar refractivity (Wildman–Crippen MR) is 66.2 cm³/mol.